The lowest BCUT2D eigenvalue weighted by molar-refractivity contribution is -0.185. The number of hydrogen-bond acceptors (Lipinski definition) is 4. The number of amides is 1. The second-order valence-corrected chi connectivity index (χ2v) is 4.86. The minimum atomic E-state index is -0.621. The summed E-state index contributed by atoms with van der Waals surface area (Å²) in [6.07, 6.45) is 1.08. The topological polar surface area (TPSA) is 55.8 Å². The number of hydroxylamine groups is 2. The number of nitrogens with zero attached hydrogens (tertiary/aromatic N) is 1. The zero-order chi connectivity index (χ0) is 12.3. The van der Waals surface area contributed by atoms with Crippen LogP contribution in [0.15, 0.2) is 0 Å². The van der Waals surface area contributed by atoms with Gasteiger partial charge >= 0.3 is 12.1 Å². The monoisotopic (exact) mass is 229 g/mol. The number of rotatable bonds is 2. The van der Waals surface area contributed by atoms with Gasteiger partial charge in [-0.2, -0.15) is 0 Å². The van der Waals surface area contributed by atoms with Gasteiger partial charge in [-0.3, -0.25) is 0 Å². The standard InChI is InChI=1S/C11H19NO4/c1-5-12(10(14)15-11(2,3)4)16-9(13)8-6-7-8/h8H,5-7H2,1-4H3. The summed E-state index contributed by atoms with van der Waals surface area (Å²) < 4.78 is 5.10. The molecule has 0 atom stereocenters. The van der Waals surface area contributed by atoms with Gasteiger partial charge in [-0.15, -0.1) is 5.06 Å². The van der Waals surface area contributed by atoms with Crippen molar-refractivity contribution in [1.29, 1.82) is 0 Å². The maximum absolute atomic E-state index is 11.6. The van der Waals surface area contributed by atoms with Crippen molar-refractivity contribution in [2.75, 3.05) is 6.54 Å². The Balaban J connectivity index is 2.46. The van der Waals surface area contributed by atoms with Gasteiger partial charge in [0.2, 0.25) is 0 Å². The molecule has 0 aromatic carbocycles. The Morgan fingerprint density at radius 2 is 1.88 bits per heavy atom. The van der Waals surface area contributed by atoms with Gasteiger partial charge in [-0.05, 0) is 40.5 Å². The molecule has 0 saturated heterocycles. The fourth-order valence-electron chi connectivity index (χ4n) is 1.05. The van der Waals surface area contributed by atoms with E-state index in [1.54, 1.807) is 27.7 Å². The van der Waals surface area contributed by atoms with Gasteiger partial charge < -0.3 is 9.57 Å². The highest BCUT2D eigenvalue weighted by molar-refractivity contribution is 5.77. The summed E-state index contributed by atoms with van der Waals surface area (Å²) in [6.45, 7) is 7.31. The maximum Gasteiger partial charge on any atom is 0.443 e. The third kappa shape index (κ3) is 4.08. The highest BCUT2D eigenvalue weighted by Crippen LogP contribution is 2.30. The van der Waals surface area contributed by atoms with Crippen molar-refractivity contribution in [3.05, 3.63) is 0 Å². The van der Waals surface area contributed by atoms with Crippen LogP contribution in [0, 0.1) is 5.92 Å². The van der Waals surface area contributed by atoms with Gasteiger partial charge in [0.25, 0.3) is 0 Å². The normalized spacial score (nSPS) is 15.5. The lowest BCUT2D eigenvalue weighted by Crippen LogP contribution is -2.38. The molecule has 0 radical (unpaired) electrons. The van der Waals surface area contributed by atoms with E-state index in [4.69, 9.17) is 9.57 Å². The molecule has 0 aromatic rings. The van der Waals surface area contributed by atoms with E-state index in [0.717, 1.165) is 17.9 Å². The summed E-state index contributed by atoms with van der Waals surface area (Å²) in [7, 11) is 0. The van der Waals surface area contributed by atoms with Crippen LogP contribution in [0.25, 0.3) is 0 Å². The second-order valence-electron chi connectivity index (χ2n) is 4.86. The van der Waals surface area contributed by atoms with E-state index in [0.29, 0.717) is 0 Å². The second kappa shape index (κ2) is 4.72. The minimum absolute atomic E-state index is 0.0310. The van der Waals surface area contributed by atoms with Crippen LogP contribution in [-0.2, 0) is 14.4 Å². The van der Waals surface area contributed by atoms with E-state index >= 15 is 0 Å². The molecule has 1 rings (SSSR count). The zero-order valence-corrected chi connectivity index (χ0v) is 10.3. The smallest absolute Gasteiger partial charge is 0.442 e. The van der Waals surface area contributed by atoms with Crippen LogP contribution in [0.4, 0.5) is 4.79 Å². The van der Waals surface area contributed by atoms with Crippen LogP contribution in [0.5, 0.6) is 0 Å². The first-order valence-corrected chi connectivity index (χ1v) is 5.56. The zero-order valence-electron chi connectivity index (χ0n) is 10.3. The molecular formula is C11H19NO4. The first-order valence-electron chi connectivity index (χ1n) is 5.56. The molecule has 5 nitrogen and oxygen atoms in total. The Labute approximate surface area is 95.6 Å². The first-order chi connectivity index (χ1) is 7.33. The summed E-state index contributed by atoms with van der Waals surface area (Å²) in [6, 6.07) is 0. The van der Waals surface area contributed by atoms with Crippen LogP contribution in [-0.4, -0.2) is 29.3 Å². The molecule has 1 aliphatic carbocycles. The quantitative estimate of drug-likeness (QED) is 0.680. The molecule has 1 amide bonds. The van der Waals surface area contributed by atoms with Crippen molar-refractivity contribution in [2.45, 2.75) is 46.1 Å². The van der Waals surface area contributed by atoms with Crippen molar-refractivity contribution in [3.8, 4) is 0 Å². The molecular weight excluding hydrogens is 210 g/mol. The van der Waals surface area contributed by atoms with Crippen LogP contribution >= 0.6 is 0 Å². The Bertz CT molecular complexity index is 278. The average molecular weight is 229 g/mol. The van der Waals surface area contributed by atoms with E-state index < -0.39 is 11.7 Å². The van der Waals surface area contributed by atoms with Crippen LogP contribution in [0.1, 0.15) is 40.5 Å². The fraction of sp³-hybridized carbons (Fsp3) is 0.818. The van der Waals surface area contributed by atoms with E-state index in [1.807, 2.05) is 0 Å². The van der Waals surface area contributed by atoms with Gasteiger partial charge in [0.15, 0.2) is 0 Å². The first kappa shape index (κ1) is 12.8. The molecule has 1 fully saturated rings. The van der Waals surface area contributed by atoms with Crippen molar-refractivity contribution >= 4 is 12.1 Å². The predicted molar refractivity (Wildman–Crippen MR) is 57.4 cm³/mol. The number of ether oxygens (including phenoxy) is 1. The molecule has 0 bridgehead atoms. The molecule has 0 aromatic heterocycles. The summed E-state index contributed by atoms with van der Waals surface area (Å²) >= 11 is 0. The van der Waals surface area contributed by atoms with Crippen LogP contribution in [0.2, 0.25) is 0 Å². The minimum Gasteiger partial charge on any atom is -0.442 e. The van der Waals surface area contributed by atoms with E-state index in [-0.39, 0.29) is 18.4 Å². The molecule has 0 heterocycles. The molecule has 16 heavy (non-hydrogen) atoms. The number of carbonyl (C=O) groups is 2. The molecule has 0 aliphatic heterocycles. The maximum atomic E-state index is 11.6. The molecule has 92 valence electrons. The van der Waals surface area contributed by atoms with Crippen molar-refractivity contribution in [1.82, 2.24) is 5.06 Å². The Hall–Kier alpha value is -1.26. The molecule has 5 heteroatoms. The largest absolute Gasteiger partial charge is 0.443 e. The van der Waals surface area contributed by atoms with E-state index in [2.05, 4.69) is 0 Å². The van der Waals surface area contributed by atoms with Crippen molar-refractivity contribution in [3.63, 3.8) is 0 Å². The van der Waals surface area contributed by atoms with Crippen LogP contribution in [0.3, 0.4) is 0 Å². The highest BCUT2D eigenvalue weighted by Gasteiger charge is 2.34. The van der Waals surface area contributed by atoms with Crippen molar-refractivity contribution < 1.29 is 19.2 Å². The predicted octanol–water partition coefficient (Wildman–Crippen LogP) is 2.11. The summed E-state index contributed by atoms with van der Waals surface area (Å²) in [5.74, 6) is -0.371. The third-order valence-electron chi connectivity index (χ3n) is 2.00. The van der Waals surface area contributed by atoms with Crippen molar-refractivity contribution in [2.24, 2.45) is 5.92 Å². The lowest BCUT2D eigenvalue weighted by Gasteiger charge is -2.25. The van der Waals surface area contributed by atoms with E-state index in [1.165, 1.54) is 0 Å². The summed E-state index contributed by atoms with van der Waals surface area (Å²) in [4.78, 5) is 27.9. The fourth-order valence-corrected chi connectivity index (χ4v) is 1.05. The number of hydrogen-bond donors (Lipinski definition) is 0. The van der Waals surface area contributed by atoms with Gasteiger partial charge in [-0.25, -0.2) is 9.59 Å². The molecule has 0 N–H and O–H groups in total. The van der Waals surface area contributed by atoms with Gasteiger partial charge in [0.05, 0.1) is 12.5 Å². The summed E-state index contributed by atoms with van der Waals surface area (Å²) in [5, 5.41) is 0.964. The van der Waals surface area contributed by atoms with E-state index in [9.17, 15) is 9.59 Å². The molecule has 1 aliphatic rings. The molecule has 0 spiro atoms. The third-order valence-corrected chi connectivity index (χ3v) is 2.00. The summed E-state index contributed by atoms with van der Waals surface area (Å²) in [5.41, 5.74) is -0.587. The lowest BCUT2D eigenvalue weighted by atomic mass is 10.2. The van der Waals surface area contributed by atoms with Gasteiger partial charge in [0.1, 0.15) is 5.60 Å². The molecule has 0 unspecified atom stereocenters. The van der Waals surface area contributed by atoms with Crippen LogP contribution < -0.4 is 0 Å². The number of carbonyl (C=O) groups excluding carboxylic acids is 2. The van der Waals surface area contributed by atoms with Gasteiger partial charge in [-0.1, -0.05) is 0 Å². The highest BCUT2D eigenvalue weighted by atomic mass is 16.8. The average Bonchev–Trinajstić information content (AvgIpc) is 2.93. The van der Waals surface area contributed by atoms with Gasteiger partial charge in [0, 0.05) is 0 Å². The molecule has 1 saturated carbocycles. The SMILES string of the molecule is CCN(OC(=O)C1CC1)C(=O)OC(C)(C)C. The Kier molecular flexibility index (Phi) is 3.78. The Morgan fingerprint density at radius 1 is 1.31 bits per heavy atom. The Morgan fingerprint density at radius 3 is 2.25 bits per heavy atom.